The second kappa shape index (κ2) is 13.1. The lowest BCUT2D eigenvalue weighted by Gasteiger charge is -2.12. The highest BCUT2D eigenvalue weighted by molar-refractivity contribution is 5.84. The first-order chi connectivity index (χ1) is 11.3. The van der Waals surface area contributed by atoms with Gasteiger partial charge in [-0.15, -0.1) is 0 Å². The van der Waals surface area contributed by atoms with Crippen LogP contribution in [0.4, 0.5) is 0 Å². The molecule has 7 nitrogen and oxygen atoms in total. The number of rotatable bonds is 11. The number of hydrogen-bond acceptors (Lipinski definition) is 4. The SMILES string of the molecule is CCCNC(=O)CN=C(NCC)NCCCOCC1CCOC1. The summed E-state index contributed by atoms with van der Waals surface area (Å²) in [4.78, 5) is 15.8. The molecule has 1 aliphatic rings. The largest absolute Gasteiger partial charge is 0.381 e. The van der Waals surface area contributed by atoms with Gasteiger partial charge in [-0.25, -0.2) is 4.99 Å². The Balaban J connectivity index is 2.10. The molecule has 1 amide bonds. The van der Waals surface area contributed by atoms with Gasteiger partial charge in [-0.3, -0.25) is 4.79 Å². The molecule has 0 aliphatic carbocycles. The maximum Gasteiger partial charge on any atom is 0.241 e. The van der Waals surface area contributed by atoms with Crippen LogP contribution in [0.25, 0.3) is 0 Å². The fourth-order valence-electron chi connectivity index (χ4n) is 2.16. The Labute approximate surface area is 139 Å². The minimum Gasteiger partial charge on any atom is -0.381 e. The second-order valence-corrected chi connectivity index (χ2v) is 5.63. The minimum atomic E-state index is -0.0498. The van der Waals surface area contributed by atoms with Crippen LogP contribution in [-0.4, -0.2) is 64.5 Å². The van der Waals surface area contributed by atoms with E-state index in [1.165, 1.54) is 0 Å². The van der Waals surface area contributed by atoms with Crippen LogP contribution >= 0.6 is 0 Å². The highest BCUT2D eigenvalue weighted by Crippen LogP contribution is 2.12. The van der Waals surface area contributed by atoms with E-state index in [-0.39, 0.29) is 12.5 Å². The molecule has 1 rings (SSSR count). The molecule has 1 unspecified atom stereocenters. The molecule has 1 aliphatic heterocycles. The molecule has 1 heterocycles. The van der Waals surface area contributed by atoms with Crippen molar-refractivity contribution in [2.75, 3.05) is 52.6 Å². The molecule has 7 heteroatoms. The maximum absolute atomic E-state index is 11.5. The maximum atomic E-state index is 11.5. The summed E-state index contributed by atoms with van der Waals surface area (Å²) in [6.45, 7) is 9.60. The third kappa shape index (κ3) is 10.1. The standard InChI is InChI=1S/C16H32N4O3/c1-3-7-18-15(21)11-20-16(17-4-2)19-8-5-9-22-12-14-6-10-23-13-14/h14H,3-13H2,1-2H3,(H,18,21)(H2,17,19,20). The number of carbonyl (C=O) groups excluding carboxylic acids is 1. The Hall–Kier alpha value is -1.34. The van der Waals surface area contributed by atoms with Gasteiger partial charge in [0.15, 0.2) is 5.96 Å². The Morgan fingerprint density at radius 3 is 2.83 bits per heavy atom. The first-order valence-electron chi connectivity index (χ1n) is 8.70. The lowest BCUT2D eigenvalue weighted by atomic mass is 10.1. The van der Waals surface area contributed by atoms with Crippen molar-refractivity contribution >= 4 is 11.9 Å². The zero-order chi connectivity index (χ0) is 16.8. The molecule has 0 saturated carbocycles. The Kier molecular flexibility index (Phi) is 11.3. The van der Waals surface area contributed by atoms with Crippen LogP contribution in [0.5, 0.6) is 0 Å². The summed E-state index contributed by atoms with van der Waals surface area (Å²) in [5.74, 6) is 1.18. The van der Waals surface area contributed by atoms with E-state index in [4.69, 9.17) is 9.47 Å². The van der Waals surface area contributed by atoms with Gasteiger partial charge in [0.05, 0.1) is 13.2 Å². The molecule has 0 bridgehead atoms. The first kappa shape index (κ1) is 19.7. The summed E-state index contributed by atoms with van der Waals surface area (Å²) in [5.41, 5.74) is 0. The Morgan fingerprint density at radius 2 is 2.13 bits per heavy atom. The van der Waals surface area contributed by atoms with E-state index in [1.54, 1.807) is 0 Å². The predicted octanol–water partition coefficient (Wildman–Crippen LogP) is 0.511. The Bertz CT molecular complexity index is 344. The smallest absolute Gasteiger partial charge is 0.241 e. The van der Waals surface area contributed by atoms with Crippen LogP contribution in [0, 0.1) is 5.92 Å². The van der Waals surface area contributed by atoms with Crippen molar-refractivity contribution in [3.05, 3.63) is 0 Å². The fraction of sp³-hybridized carbons (Fsp3) is 0.875. The van der Waals surface area contributed by atoms with Gasteiger partial charge in [0.2, 0.25) is 5.91 Å². The summed E-state index contributed by atoms with van der Waals surface area (Å²) in [6.07, 6.45) is 2.94. The summed E-state index contributed by atoms with van der Waals surface area (Å²) in [6, 6.07) is 0. The van der Waals surface area contributed by atoms with E-state index in [1.807, 2.05) is 13.8 Å². The quantitative estimate of drug-likeness (QED) is 0.292. The predicted molar refractivity (Wildman–Crippen MR) is 91.6 cm³/mol. The molecule has 0 spiro atoms. The average molecular weight is 328 g/mol. The van der Waals surface area contributed by atoms with Crippen molar-refractivity contribution in [2.24, 2.45) is 10.9 Å². The van der Waals surface area contributed by atoms with E-state index in [0.29, 0.717) is 18.4 Å². The normalized spacial score (nSPS) is 18.0. The number of guanidine groups is 1. The summed E-state index contributed by atoms with van der Waals surface area (Å²) in [7, 11) is 0. The lowest BCUT2D eigenvalue weighted by Crippen LogP contribution is -2.39. The number of amides is 1. The molecule has 3 N–H and O–H groups in total. The topological polar surface area (TPSA) is 84.0 Å². The average Bonchev–Trinajstić information content (AvgIpc) is 3.07. The molecule has 134 valence electrons. The molecule has 1 saturated heterocycles. The van der Waals surface area contributed by atoms with E-state index >= 15 is 0 Å². The van der Waals surface area contributed by atoms with Gasteiger partial charge >= 0.3 is 0 Å². The molecule has 0 radical (unpaired) electrons. The van der Waals surface area contributed by atoms with Crippen LogP contribution < -0.4 is 16.0 Å². The molecule has 1 fully saturated rings. The number of carbonyl (C=O) groups is 1. The van der Waals surface area contributed by atoms with Crippen molar-refractivity contribution in [1.29, 1.82) is 0 Å². The lowest BCUT2D eigenvalue weighted by molar-refractivity contribution is -0.119. The van der Waals surface area contributed by atoms with Gasteiger partial charge in [-0.1, -0.05) is 6.92 Å². The monoisotopic (exact) mass is 328 g/mol. The van der Waals surface area contributed by atoms with Gasteiger partial charge in [0.1, 0.15) is 6.54 Å². The van der Waals surface area contributed by atoms with E-state index in [9.17, 15) is 4.79 Å². The van der Waals surface area contributed by atoms with Gasteiger partial charge < -0.3 is 25.4 Å². The molecule has 0 aromatic heterocycles. The van der Waals surface area contributed by atoms with Crippen LogP contribution in [-0.2, 0) is 14.3 Å². The second-order valence-electron chi connectivity index (χ2n) is 5.63. The van der Waals surface area contributed by atoms with Gasteiger partial charge in [0.25, 0.3) is 0 Å². The van der Waals surface area contributed by atoms with Crippen LogP contribution in [0.2, 0.25) is 0 Å². The van der Waals surface area contributed by atoms with Crippen molar-refractivity contribution in [1.82, 2.24) is 16.0 Å². The van der Waals surface area contributed by atoms with Crippen molar-refractivity contribution in [2.45, 2.75) is 33.1 Å². The molecule has 23 heavy (non-hydrogen) atoms. The molecule has 0 aromatic carbocycles. The molecule has 1 atom stereocenters. The number of nitrogens with one attached hydrogen (secondary N) is 3. The van der Waals surface area contributed by atoms with Crippen LogP contribution in [0.3, 0.4) is 0 Å². The summed E-state index contributed by atoms with van der Waals surface area (Å²) in [5, 5.41) is 9.15. The van der Waals surface area contributed by atoms with Crippen molar-refractivity contribution in [3.8, 4) is 0 Å². The number of hydrogen-bond donors (Lipinski definition) is 3. The summed E-state index contributed by atoms with van der Waals surface area (Å²) >= 11 is 0. The third-order valence-corrected chi connectivity index (χ3v) is 3.43. The Morgan fingerprint density at radius 1 is 1.26 bits per heavy atom. The van der Waals surface area contributed by atoms with Crippen LogP contribution in [0.15, 0.2) is 4.99 Å². The molecular formula is C16H32N4O3. The zero-order valence-electron chi connectivity index (χ0n) is 14.5. The number of nitrogens with zero attached hydrogens (tertiary/aromatic N) is 1. The highest BCUT2D eigenvalue weighted by atomic mass is 16.5. The first-order valence-corrected chi connectivity index (χ1v) is 8.70. The zero-order valence-corrected chi connectivity index (χ0v) is 14.5. The van der Waals surface area contributed by atoms with Crippen molar-refractivity contribution in [3.63, 3.8) is 0 Å². The van der Waals surface area contributed by atoms with Crippen LogP contribution in [0.1, 0.15) is 33.1 Å². The van der Waals surface area contributed by atoms with E-state index in [2.05, 4.69) is 20.9 Å². The van der Waals surface area contributed by atoms with E-state index < -0.39 is 0 Å². The molecular weight excluding hydrogens is 296 g/mol. The van der Waals surface area contributed by atoms with Gasteiger partial charge in [-0.2, -0.15) is 0 Å². The summed E-state index contributed by atoms with van der Waals surface area (Å²) < 4.78 is 11.0. The minimum absolute atomic E-state index is 0.0498. The van der Waals surface area contributed by atoms with Gasteiger partial charge in [0, 0.05) is 38.8 Å². The molecule has 0 aromatic rings. The number of ether oxygens (including phenoxy) is 2. The van der Waals surface area contributed by atoms with Crippen molar-refractivity contribution < 1.29 is 14.3 Å². The highest BCUT2D eigenvalue weighted by Gasteiger charge is 2.15. The van der Waals surface area contributed by atoms with E-state index in [0.717, 1.165) is 58.8 Å². The third-order valence-electron chi connectivity index (χ3n) is 3.43. The fourth-order valence-corrected chi connectivity index (χ4v) is 2.16. The van der Waals surface area contributed by atoms with Gasteiger partial charge in [-0.05, 0) is 26.2 Å². The number of aliphatic imine (C=N–C) groups is 1.